The fourth-order valence-electron chi connectivity index (χ4n) is 2.18. The second-order valence-corrected chi connectivity index (χ2v) is 6.56. The van der Waals surface area contributed by atoms with Gasteiger partial charge in [0.25, 0.3) is 0 Å². The number of rotatable bonds is 3. The second-order valence-electron chi connectivity index (χ2n) is 4.34. The molecule has 0 saturated heterocycles. The Morgan fingerprint density at radius 1 is 0.450 bits per heavy atom. The van der Waals surface area contributed by atoms with Crippen molar-refractivity contribution in [1.29, 1.82) is 0 Å². The first-order chi connectivity index (χ1) is 9.45. The number of benzene rings is 3. The van der Waals surface area contributed by atoms with E-state index in [9.17, 15) is 0 Å². The van der Waals surface area contributed by atoms with Gasteiger partial charge in [-0.15, -0.1) is 0 Å². The van der Waals surface area contributed by atoms with E-state index in [0.717, 1.165) is 0 Å². The van der Waals surface area contributed by atoms with Gasteiger partial charge in [0.2, 0.25) is 0 Å². The van der Waals surface area contributed by atoms with Crippen LogP contribution < -0.4 is 15.9 Å². The Hall–Kier alpha value is -1.39. The quantitative estimate of drug-likeness (QED) is 0.508. The smallest absolute Gasteiger partial charge is 1.00 e. The van der Waals surface area contributed by atoms with Crippen LogP contribution in [0.1, 0.15) is 2.85 Å². The maximum Gasteiger partial charge on any atom is 2.00 e. The van der Waals surface area contributed by atoms with Gasteiger partial charge in [-0.3, -0.25) is 0 Å². The molecular weight excluding hydrogens is 311 g/mol. The van der Waals surface area contributed by atoms with Crippen molar-refractivity contribution < 1.29 is 19.9 Å². The summed E-state index contributed by atoms with van der Waals surface area (Å²) in [7, 11) is -0.446. The van der Waals surface area contributed by atoms with Crippen molar-refractivity contribution in [2.75, 3.05) is 0 Å². The van der Waals surface area contributed by atoms with E-state index in [1.165, 1.54) is 15.9 Å². The summed E-state index contributed by atoms with van der Waals surface area (Å²) in [5.41, 5.74) is 0. The molecule has 0 unspecified atom stereocenters. The molecule has 0 heterocycles. The summed E-state index contributed by atoms with van der Waals surface area (Å²) < 4.78 is 0. The third-order valence-corrected chi connectivity index (χ3v) is 5.49. The zero-order valence-electron chi connectivity index (χ0n) is 12.9. The summed E-state index contributed by atoms with van der Waals surface area (Å²) in [6, 6.07) is 32.3. The maximum atomic E-state index is 2.23. The zero-order valence-corrected chi connectivity index (χ0v) is 12.7. The standard InChI is InChI=1S/C18H15P.Cu.2H/c1-4-10-16(11-5-1)19(17-12-6-2-7-13-17)18-14-8-3-9-15-18;;;/h1-15H;;;/q;+2;2*-1. The molecule has 0 aromatic heterocycles. The molecule has 3 aromatic rings. The van der Waals surface area contributed by atoms with Gasteiger partial charge in [-0.25, -0.2) is 0 Å². The summed E-state index contributed by atoms with van der Waals surface area (Å²) >= 11 is 0. The first-order valence-corrected chi connectivity index (χ1v) is 7.74. The van der Waals surface area contributed by atoms with E-state index < -0.39 is 7.92 Å². The minimum absolute atomic E-state index is 0. The Labute approximate surface area is 135 Å². The van der Waals surface area contributed by atoms with E-state index >= 15 is 0 Å². The molecule has 0 amide bonds. The molecule has 20 heavy (non-hydrogen) atoms. The van der Waals surface area contributed by atoms with Gasteiger partial charge >= 0.3 is 17.1 Å². The molecule has 0 atom stereocenters. The largest absolute Gasteiger partial charge is 2.00 e. The van der Waals surface area contributed by atoms with E-state index in [2.05, 4.69) is 91.0 Å². The molecule has 0 aliphatic rings. The van der Waals surface area contributed by atoms with Gasteiger partial charge in [-0.1, -0.05) is 91.0 Å². The van der Waals surface area contributed by atoms with Gasteiger partial charge in [-0.05, 0) is 23.8 Å². The van der Waals surface area contributed by atoms with Crippen molar-refractivity contribution >= 4 is 23.8 Å². The summed E-state index contributed by atoms with van der Waals surface area (Å²) in [4.78, 5) is 0. The van der Waals surface area contributed by atoms with Crippen LogP contribution in [0.4, 0.5) is 0 Å². The van der Waals surface area contributed by atoms with Crippen LogP contribution in [-0.2, 0) is 17.1 Å². The van der Waals surface area contributed by atoms with Crippen LogP contribution in [0, 0.1) is 0 Å². The number of hydrogen-bond donors (Lipinski definition) is 0. The summed E-state index contributed by atoms with van der Waals surface area (Å²) in [5.74, 6) is 0. The molecule has 0 saturated carbocycles. The summed E-state index contributed by atoms with van der Waals surface area (Å²) in [6.45, 7) is 0. The molecule has 3 rings (SSSR count). The predicted molar refractivity (Wildman–Crippen MR) is 87.4 cm³/mol. The monoisotopic (exact) mass is 327 g/mol. The first-order valence-electron chi connectivity index (χ1n) is 6.40. The predicted octanol–water partition coefficient (Wildman–Crippen LogP) is 3.67. The topological polar surface area (TPSA) is 0 Å². The Morgan fingerprint density at radius 2 is 0.700 bits per heavy atom. The van der Waals surface area contributed by atoms with E-state index in [-0.39, 0.29) is 19.9 Å². The van der Waals surface area contributed by atoms with E-state index in [1.54, 1.807) is 0 Å². The summed E-state index contributed by atoms with van der Waals surface area (Å²) in [6.07, 6.45) is 0. The van der Waals surface area contributed by atoms with Crippen LogP contribution in [0.15, 0.2) is 91.0 Å². The fraction of sp³-hybridized carbons (Fsp3) is 0. The van der Waals surface area contributed by atoms with E-state index in [1.807, 2.05) is 0 Å². The fourth-order valence-corrected chi connectivity index (χ4v) is 4.48. The average molecular weight is 328 g/mol. The van der Waals surface area contributed by atoms with Crippen LogP contribution in [0.25, 0.3) is 0 Å². The SMILES string of the molecule is [Cu+2].[H-].[H-].c1ccc(P(c2ccccc2)c2ccccc2)cc1. The average Bonchev–Trinajstić information content (AvgIpc) is 2.51. The van der Waals surface area contributed by atoms with Gasteiger partial charge in [0.1, 0.15) is 0 Å². The molecule has 0 bridgehead atoms. The van der Waals surface area contributed by atoms with E-state index in [0.29, 0.717) is 0 Å². The van der Waals surface area contributed by atoms with Crippen LogP contribution in [-0.4, -0.2) is 0 Å². The molecule has 0 aliphatic heterocycles. The summed E-state index contributed by atoms with van der Waals surface area (Å²) in [5, 5.41) is 4.19. The van der Waals surface area contributed by atoms with Gasteiger partial charge < -0.3 is 2.85 Å². The van der Waals surface area contributed by atoms with Crippen molar-refractivity contribution in [3.05, 3.63) is 91.0 Å². The molecule has 0 aliphatic carbocycles. The Kier molecular flexibility index (Phi) is 5.56. The molecule has 0 N–H and O–H groups in total. The third-order valence-electron chi connectivity index (χ3n) is 3.04. The second kappa shape index (κ2) is 7.41. The molecule has 3 aromatic carbocycles. The van der Waals surface area contributed by atoms with Crippen molar-refractivity contribution in [3.63, 3.8) is 0 Å². The first kappa shape index (κ1) is 15.0. The Balaban J connectivity index is 0.00000147. The van der Waals surface area contributed by atoms with Crippen molar-refractivity contribution in [2.45, 2.75) is 0 Å². The molecule has 0 spiro atoms. The number of hydrogen-bond acceptors (Lipinski definition) is 0. The van der Waals surface area contributed by atoms with Crippen molar-refractivity contribution in [3.8, 4) is 0 Å². The normalized spacial score (nSPS) is 10.1. The molecule has 105 valence electrons. The third kappa shape index (κ3) is 3.38. The van der Waals surface area contributed by atoms with Crippen LogP contribution in [0.2, 0.25) is 0 Å². The molecular formula is C18H17CuP. The minimum atomic E-state index is -0.446. The minimum Gasteiger partial charge on any atom is -1.00 e. The Morgan fingerprint density at radius 3 is 0.950 bits per heavy atom. The van der Waals surface area contributed by atoms with Gasteiger partial charge in [0.15, 0.2) is 0 Å². The van der Waals surface area contributed by atoms with Crippen LogP contribution >= 0.6 is 7.92 Å². The van der Waals surface area contributed by atoms with Crippen molar-refractivity contribution in [2.24, 2.45) is 0 Å². The maximum absolute atomic E-state index is 2.23. The van der Waals surface area contributed by atoms with Crippen LogP contribution in [0.3, 0.4) is 0 Å². The Bertz CT molecular complexity index is 539. The molecule has 1 radical (unpaired) electrons. The van der Waals surface area contributed by atoms with Gasteiger partial charge in [-0.2, -0.15) is 0 Å². The van der Waals surface area contributed by atoms with Gasteiger partial charge in [0.05, 0.1) is 0 Å². The van der Waals surface area contributed by atoms with E-state index in [4.69, 9.17) is 0 Å². The molecule has 0 fully saturated rings. The molecule has 2 heteroatoms. The molecule has 0 nitrogen and oxygen atoms in total. The van der Waals surface area contributed by atoms with Crippen LogP contribution in [0.5, 0.6) is 0 Å². The van der Waals surface area contributed by atoms with Crippen molar-refractivity contribution in [1.82, 2.24) is 0 Å². The zero-order chi connectivity index (χ0) is 12.9. The van der Waals surface area contributed by atoms with Gasteiger partial charge in [0, 0.05) is 0 Å².